The highest BCUT2D eigenvalue weighted by Crippen LogP contribution is 2.35. The molecule has 38 heavy (non-hydrogen) atoms. The number of nitrogens with zero attached hydrogens (tertiary/aromatic N) is 1. The Labute approximate surface area is 232 Å². The number of carbonyl (C=O) groups is 3. The minimum atomic E-state index is -0.948. The molecule has 1 aliphatic rings. The molecule has 2 unspecified atom stereocenters. The molecule has 2 N–H and O–H groups in total. The molecule has 0 spiro atoms. The summed E-state index contributed by atoms with van der Waals surface area (Å²) in [5.41, 5.74) is 4.78. The lowest BCUT2D eigenvalue weighted by atomic mass is 9.87. The number of nitrogens with one attached hydrogen (secondary N) is 2. The van der Waals surface area contributed by atoms with Gasteiger partial charge in [0.25, 0.3) is 5.91 Å². The maximum atomic E-state index is 14.1. The standard InChI is InChI=1S/C30H41N3O4S/c1-18-14-15-22(16-21(18)4)26(27(34)32-25-19(2)10-8-11-20(25)3)33(23-12-9-13-23)28(35)24(17-38)31-29(36)37-30(5,6)7/h8,10-11,14-16,23-24,26,38H,9,12-13,17H2,1-7H3,(H,31,36)(H,32,34). The molecule has 0 aromatic heterocycles. The number of aryl methyl sites for hydroxylation is 4. The number of amides is 3. The number of hydrogen-bond donors (Lipinski definition) is 3. The minimum absolute atomic E-state index is 0.0689. The lowest BCUT2D eigenvalue weighted by molar-refractivity contribution is -0.145. The third kappa shape index (κ3) is 7.10. The molecule has 7 nitrogen and oxygen atoms in total. The largest absolute Gasteiger partial charge is 0.444 e. The fourth-order valence-corrected chi connectivity index (χ4v) is 4.82. The van der Waals surface area contributed by atoms with Crippen LogP contribution < -0.4 is 10.6 Å². The predicted octanol–water partition coefficient (Wildman–Crippen LogP) is 5.80. The summed E-state index contributed by atoms with van der Waals surface area (Å²) in [6.07, 6.45) is 1.85. The Bertz CT molecular complexity index is 1170. The van der Waals surface area contributed by atoms with E-state index >= 15 is 0 Å². The highest BCUT2D eigenvalue weighted by molar-refractivity contribution is 7.80. The summed E-state index contributed by atoms with van der Waals surface area (Å²) in [6.45, 7) is 13.2. The lowest BCUT2D eigenvalue weighted by Gasteiger charge is -2.43. The topological polar surface area (TPSA) is 87.7 Å². The minimum Gasteiger partial charge on any atom is -0.444 e. The first-order valence-corrected chi connectivity index (χ1v) is 13.8. The van der Waals surface area contributed by atoms with Gasteiger partial charge in [-0.3, -0.25) is 9.59 Å². The van der Waals surface area contributed by atoms with Gasteiger partial charge in [-0.1, -0.05) is 36.4 Å². The van der Waals surface area contributed by atoms with Crippen LogP contribution in [0.2, 0.25) is 0 Å². The second-order valence-corrected chi connectivity index (χ2v) is 11.6. The predicted molar refractivity (Wildman–Crippen MR) is 155 cm³/mol. The van der Waals surface area contributed by atoms with Crippen molar-refractivity contribution in [1.29, 1.82) is 0 Å². The van der Waals surface area contributed by atoms with E-state index in [0.717, 1.165) is 52.8 Å². The normalized spacial score (nSPS) is 15.2. The number of carbonyl (C=O) groups excluding carboxylic acids is 3. The van der Waals surface area contributed by atoms with Crippen molar-refractivity contribution in [2.24, 2.45) is 0 Å². The molecule has 0 saturated heterocycles. The molecule has 0 aliphatic heterocycles. The zero-order valence-corrected chi connectivity index (χ0v) is 24.4. The molecule has 2 aromatic rings. The van der Waals surface area contributed by atoms with E-state index in [1.807, 2.05) is 64.1 Å². The number of para-hydroxylation sites is 1. The van der Waals surface area contributed by atoms with E-state index in [0.29, 0.717) is 0 Å². The van der Waals surface area contributed by atoms with Gasteiger partial charge in [0.05, 0.1) is 0 Å². The Morgan fingerprint density at radius 1 is 1.00 bits per heavy atom. The molecule has 2 aromatic carbocycles. The van der Waals surface area contributed by atoms with Crippen LogP contribution in [0.15, 0.2) is 36.4 Å². The summed E-state index contributed by atoms with van der Waals surface area (Å²) in [5, 5.41) is 5.79. The van der Waals surface area contributed by atoms with Crippen molar-refractivity contribution >= 4 is 36.2 Å². The van der Waals surface area contributed by atoms with Gasteiger partial charge in [-0.25, -0.2) is 4.79 Å². The van der Waals surface area contributed by atoms with Crippen molar-refractivity contribution in [3.8, 4) is 0 Å². The van der Waals surface area contributed by atoms with Gasteiger partial charge in [0.2, 0.25) is 5.91 Å². The summed E-state index contributed by atoms with van der Waals surface area (Å²) >= 11 is 4.38. The van der Waals surface area contributed by atoms with Crippen LogP contribution in [-0.4, -0.2) is 46.2 Å². The van der Waals surface area contributed by atoms with E-state index in [-0.39, 0.29) is 23.6 Å². The third-order valence-electron chi connectivity index (χ3n) is 7.00. The number of anilines is 1. The molecule has 1 fully saturated rings. The molecule has 1 aliphatic carbocycles. The summed E-state index contributed by atoms with van der Waals surface area (Å²) in [4.78, 5) is 42.4. The van der Waals surface area contributed by atoms with Crippen molar-refractivity contribution < 1.29 is 19.1 Å². The third-order valence-corrected chi connectivity index (χ3v) is 7.36. The maximum Gasteiger partial charge on any atom is 0.408 e. The van der Waals surface area contributed by atoms with Crippen LogP contribution in [0.4, 0.5) is 10.5 Å². The van der Waals surface area contributed by atoms with Gasteiger partial charge < -0.3 is 20.3 Å². The average molecular weight is 540 g/mol. The summed E-state index contributed by atoms with van der Waals surface area (Å²) in [5.74, 6) is -0.573. The second-order valence-electron chi connectivity index (χ2n) is 11.2. The molecule has 0 radical (unpaired) electrons. The number of thiol groups is 1. The smallest absolute Gasteiger partial charge is 0.408 e. The van der Waals surface area contributed by atoms with Crippen LogP contribution >= 0.6 is 12.6 Å². The van der Waals surface area contributed by atoms with Gasteiger partial charge in [-0.2, -0.15) is 12.6 Å². The Hall–Kier alpha value is -3.00. The van der Waals surface area contributed by atoms with E-state index in [9.17, 15) is 14.4 Å². The van der Waals surface area contributed by atoms with Crippen LogP contribution in [0.1, 0.15) is 73.9 Å². The molecule has 0 heterocycles. The van der Waals surface area contributed by atoms with Gasteiger partial charge in [0.15, 0.2) is 0 Å². The van der Waals surface area contributed by atoms with Gasteiger partial charge in [-0.05, 0) is 95.5 Å². The number of hydrogen-bond acceptors (Lipinski definition) is 5. The van der Waals surface area contributed by atoms with Crippen molar-refractivity contribution in [2.45, 2.75) is 91.5 Å². The van der Waals surface area contributed by atoms with Crippen LogP contribution in [0.25, 0.3) is 0 Å². The number of benzene rings is 2. The Morgan fingerprint density at radius 2 is 1.63 bits per heavy atom. The van der Waals surface area contributed by atoms with Crippen LogP contribution in [-0.2, 0) is 14.3 Å². The first-order valence-electron chi connectivity index (χ1n) is 13.2. The second kappa shape index (κ2) is 12.2. The molecular formula is C30H41N3O4S. The summed E-state index contributed by atoms with van der Waals surface area (Å²) in [7, 11) is 0. The maximum absolute atomic E-state index is 14.1. The van der Waals surface area contributed by atoms with Crippen LogP contribution in [0.5, 0.6) is 0 Å². The van der Waals surface area contributed by atoms with Gasteiger partial charge in [0, 0.05) is 17.5 Å². The van der Waals surface area contributed by atoms with E-state index in [1.54, 1.807) is 25.7 Å². The number of alkyl carbamates (subject to hydrolysis) is 1. The molecule has 2 atom stereocenters. The van der Waals surface area contributed by atoms with Crippen molar-refractivity contribution in [2.75, 3.05) is 11.1 Å². The van der Waals surface area contributed by atoms with Crippen LogP contribution in [0, 0.1) is 27.7 Å². The lowest BCUT2D eigenvalue weighted by Crippen LogP contribution is -2.57. The van der Waals surface area contributed by atoms with Gasteiger partial charge in [0.1, 0.15) is 17.7 Å². The van der Waals surface area contributed by atoms with E-state index in [2.05, 4.69) is 23.3 Å². The molecule has 3 rings (SSSR count). The molecule has 0 bridgehead atoms. The zero-order valence-electron chi connectivity index (χ0n) is 23.6. The summed E-state index contributed by atoms with van der Waals surface area (Å²) < 4.78 is 5.39. The van der Waals surface area contributed by atoms with Crippen molar-refractivity contribution in [3.63, 3.8) is 0 Å². The molecule has 206 valence electrons. The highest BCUT2D eigenvalue weighted by atomic mass is 32.1. The molecular weight excluding hydrogens is 498 g/mol. The zero-order chi connectivity index (χ0) is 28.2. The fraction of sp³-hybridized carbons (Fsp3) is 0.500. The SMILES string of the molecule is Cc1ccc(C(C(=O)Nc2c(C)cccc2C)N(C(=O)C(CS)NC(=O)OC(C)(C)C)C2CCC2)cc1C. The highest BCUT2D eigenvalue weighted by Gasteiger charge is 2.42. The van der Waals surface area contributed by atoms with Crippen molar-refractivity contribution in [3.05, 3.63) is 64.2 Å². The monoisotopic (exact) mass is 539 g/mol. The Kier molecular flexibility index (Phi) is 9.52. The molecule has 1 saturated carbocycles. The first kappa shape index (κ1) is 29.6. The van der Waals surface area contributed by atoms with Crippen molar-refractivity contribution in [1.82, 2.24) is 10.2 Å². The van der Waals surface area contributed by atoms with Gasteiger partial charge >= 0.3 is 6.09 Å². The quantitative estimate of drug-likeness (QED) is 0.370. The number of ether oxygens (including phenoxy) is 1. The fourth-order valence-electron chi connectivity index (χ4n) is 4.57. The first-order chi connectivity index (χ1) is 17.8. The number of rotatable bonds is 8. The van der Waals surface area contributed by atoms with E-state index in [4.69, 9.17) is 4.74 Å². The Morgan fingerprint density at radius 3 is 2.13 bits per heavy atom. The van der Waals surface area contributed by atoms with Crippen LogP contribution in [0.3, 0.4) is 0 Å². The summed E-state index contributed by atoms with van der Waals surface area (Å²) in [6, 6.07) is 9.75. The van der Waals surface area contributed by atoms with E-state index < -0.39 is 23.8 Å². The Balaban J connectivity index is 2.04. The average Bonchev–Trinajstić information content (AvgIpc) is 2.79. The van der Waals surface area contributed by atoms with E-state index in [1.165, 1.54) is 0 Å². The molecule has 8 heteroatoms. The van der Waals surface area contributed by atoms with Gasteiger partial charge in [-0.15, -0.1) is 0 Å². The molecule has 3 amide bonds.